The molecule has 1 aromatic carbocycles. The molecule has 0 bridgehead atoms. The van der Waals surface area contributed by atoms with Crippen molar-refractivity contribution in [1.82, 2.24) is 16.0 Å². The van der Waals surface area contributed by atoms with Crippen LogP contribution in [0, 0.1) is 0 Å². The van der Waals surface area contributed by atoms with Gasteiger partial charge in [-0.3, -0.25) is 9.59 Å². The fraction of sp³-hybridized carbons (Fsp3) is 0.429. The molecule has 2 rings (SSSR count). The minimum Gasteiger partial charge on any atom is -0.357 e. The number of carbonyl (C=O) groups is 2. The van der Waals surface area contributed by atoms with Gasteiger partial charge in [0.2, 0.25) is 5.91 Å². The van der Waals surface area contributed by atoms with Gasteiger partial charge in [-0.2, -0.15) is 0 Å². The van der Waals surface area contributed by atoms with Crippen LogP contribution in [-0.4, -0.2) is 31.4 Å². The number of fused-ring (bicyclic) bond motifs is 1. The summed E-state index contributed by atoms with van der Waals surface area (Å²) in [6.45, 7) is 3.34. The van der Waals surface area contributed by atoms with Crippen LogP contribution >= 0.6 is 0 Å². The fourth-order valence-electron chi connectivity index (χ4n) is 2.30. The minimum atomic E-state index is -0.532. The summed E-state index contributed by atoms with van der Waals surface area (Å²) >= 11 is 0. The van der Waals surface area contributed by atoms with Crippen molar-refractivity contribution in [3.8, 4) is 0 Å². The normalized spacial score (nSPS) is 15.3. The van der Waals surface area contributed by atoms with Gasteiger partial charge < -0.3 is 16.0 Å². The van der Waals surface area contributed by atoms with Gasteiger partial charge in [-0.05, 0) is 37.1 Å². The zero-order valence-electron chi connectivity index (χ0n) is 11.2. The molecule has 5 nitrogen and oxygen atoms in total. The molecule has 0 aliphatic carbocycles. The van der Waals surface area contributed by atoms with E-state index in [1.807, 2.05) is 18.2 Å². The van der Waals surface area contributed by atoms with Crippen molar-refractivity contribution in [2.75, 3.05) is 13.6 Å². The molecule has 2 amide bonds. The van der Waals surface area contributed by atoms with E-state index in [4.69, 9.17) is 0 Å². The van der Waals surface area contributed by atoms with Crippen LogP contribution in [0.1, 0.15) is 28.4 Å². The van der Waals surface area contributed by atoms with Crippen LogP contribution in [0.15, 0.2) is 18.2 Å². The second-order valence-corrected chi connectivity index (χ2v) is 4.68. The Bertz CT molecular complexity index is 499. The topological polar surface area (TPSA) is 70.2 Å². The molecule has 19 heavy (non-hydrogen) atoms. The first-order chi connectivity index (χ1) is 9.13. The Morgan fingerprint density at radius 3 is 2.89 bits per heavy atom. The van der Waals surface area contributed by atoms with Crippen LogP contribution in [0.2, 0.25) is 0 Å². The number of likely N-dealkylation sites (N-methyl/N-ethyl adjacent to an activating group) is 1. The molecule has 0 saturated heterocycles. The van der Waals surface area contributed by atoms with E-state index in [2.05, 4.69) is 16.0 Å². The van der Waals surface area contributed by atoms with Crippen molar-refractivity contribution in [1.29, 1.82) is 0 Å². The van der Waals surface area contributed by atoms with E-state index in [9.17, 15) is 9.59 Å². The molecule has 1 heterocycles. The van der Waals surface area contributed by atoms with Gasteiger partial charge in [0.25, 0.3) is 5.91 Å². The van der Waals surface area contributed by atoms with E-state index in [0.717, 1.165) is 30.6 Å². The molecular weight excluding hydrogens is 242 g/mol. The summed E-state index contributed by atoms with van der Waals surface area (Å²) in [7, 11) is 1.56. The predicted molar refractivity (Wildman–Crippen MR) is 72.8 cm³/mol. The molecular formula is C14H19N3O2. The highest BCUT2D eigenvalue weighted by Crippen LogP contribution is 2.18. The van der Waals surface area contributed by atoms with Crippen LogP contribution < -0.4 is 16.0 Å². The quantitative estimate of drug-likeness (QED) is 0.728. The molecule has 102 valence electrons. The Labute approximate surface area is 112 Å². The molecule has 1 aromatic rings. The summed E-state index contributed by atoms with van der Waals surface area (Å²) in [4.78, 5) is 23.7. The van der Waals surface area contributed by atoms with Gasteiger partial charge in [0.1, 0.15) is 6.04 Å². The van der Waals surface area contributed by atoms with Crippen molar-refractivity contribution < 1.29 is 9.59 Å². The lowest BCUT2D eigenvalue weighted by molar-refractivity contribution is -0.122. The maximum atomic E-state index is 12.2. The van der Waals surface area contributed by atoms with Gasteiger partial charge in [-0.1, -0.05) is 12.1 Å². The zero-order valence-corrected chi connectivity index (χ0v) is 11.2. The first kappa shape index (κ1) is 13.5. The third kappa shape index (κ3) is 2.93. The van der Waals surface area contributed by atoms with Crippen LogP contribution in [0.5, 0.6) is 0 Å². The van der Waals surface area contributed by atoms with E-state index in [-0.39, 0.29) is 11.8 Å². The van der Waals surface area contributed by atoms with Crippen molar-refractivity contribution >= 4 is 11.8 Å². The maximum Gasteiger partial charge on any atom is 0.252 e. The van der Waals surface area contributed by atoms with Gasteiger partial charge in [0.15, 0.2) is 0 Å². The third-order valence-electron chi connectivity index (χ3n) is 3.37. The molecule has 1 unspecified atom stereocenters. The van der Waals surface area contributed by atoms with Crippen molar-refractivity contribution in [2.24, 2.45) is 0 Å². The lowest BCUT2D eigenvalue weighted by Gasteiger charge is -2.21. The molecule has 0 spiro atoms. The Morgan fingerprint density at radius 2 is 2.16 bits per heavy atom. The Kier molecular flexibility index (Phi) is 4.16. The summed E-state index contributed by atoms with van der Waals surface area (Å²) in [6.07, 6.45) is 0.841. The molecule has 1 aliphatic rings. The SMILES string of the molecule is CNC(=O)C(C)NC(=O)c1cccc2c1CCNC2. The summed E-state index contributed by atoms with van der Waals surface area (Å²) in [5.74, 6) is -0.380. The van der Waals surface area contributed by atoms with Crippen molar-refractivity contribution in [3.05, 3.63) is 34.9 Å². The van der Waals surface area contributed by atoms with Gasteiger partial charge >= 0.3 is 0 Å². The highest BCUT2D eigenvalue weighted by atomic mass is 16.2. The predicted octanol–water partition coefficient (Wildman–Crippen LogP) is 0.197. The van der Waals surface area contributed by atoms with Crippen LogP contribution in [0.3, 0.4) is 0 Å². The Hall–Kier alpha value is -1.88. The summed E-state index contributed by atoms with van der Waals surface area (Å²) < 4.78 is 0. The molecule has 0 saturated carbocycles. The summed E-state index contributed by atoms with van der Waals surface area (Å²) in [5, 5.41) is 8.53. The van der Waals surface area contributed by atoms with Gasteiger partial charge in [-0.25, -0.2) is 0 Å². The summed E-state index contributed by atoms with van der Waals surface area (Å²) in [6, 6.07) is 5.19. The highest BCUT2D eigenvalue weighted by Gasteiger charge is 2.20. The van der Waals surface area contributed by atoms with E-state index in [1.54, 1.807) is 14.0 Å². The summed E-state index contributed by atoms with van der Waals surface area (Å²) in [5.41, 5.74) is 2.92. The van der Waals surface area contributed by atoms with E-state index in [1.165, 1.54) is 0 Å². The van der Waals surface area contributed by atoms with Crippen molar-refractivity contribution in [3.63, 3.8) is 0 Å². The largest absolute Gasteiger partial charge is 0.357 e. The molecule has 0 radical (unpaired) electrons. The number of benzene rings is 1. The monoisotopic (exact) mass is 261 g/mol. The van der Waals surface area contributed by atoms with Crippen LogP contribution in [0.25, 0.3) is 0 Å². The lowest BCUT2D eigenvalue weighted by atomic mass is 9.95. The average Bonchev–Trinajstić information content (AvgIpc) is 2.45. The number of carbonyl (C=O) groups excluding carboxylic acids is 2. The second-order valence-electron chi connectivity index (χ2n) is 4.68. The molecule has 1 aliphatic heterocycles. The standard InChI is InChI=1S/C14H19N3O2/c1-9(13(18)15-2)17-14(19)12-5-3-4-10-8-16-7-6-11(10)12/h3-5,9,16H,6-8H2,1-2H3,(H,15,18)(H,17,19). The smallest absolute Gasteiger partial charge is 0.252 e. The number of rotatable bonds is 3. The number of amides is 2. The Balaban J connectivity index is 2.18. The van der Waals surface area contributed by atoms with E-state index < -0.39 is 6.04 Å². The van der Waals surface area contributed by atoms with Crippen LogP contribution in [-0.2, 0) is 17.8 Å². The second kappa shape index (κ2) is 5.84. The lowest BCUT2D eigenvalue weighted by Crippen LogP contribution is -2.44. The van der Waals surface area contributed by atoms with Gasteiger partial charge in [0.05, 0.1) is 0 Å². The van der Waals surface area contributed by atoms with Gasteiger partial charge in [0, 0.05) is 19.2 Å². The molecule has 0 aromatic heterocycles. The van der Waals surface area contributed by atoms with E-state index >= 15 is 0 Å². The number of hydrogen-bond acceptors (Lipinski definition) is 3. The molecule has 5 heteroatoms. The van der Waals surface area contributed by atoms with E-state index in [0.29, 0.717) is 5.56 Å². The average molecular weight is 261 g/mol. The molecule has 3 N–H and O–H groups in total. The molecule has 1 atom stereocenters. The van der Waals surface area contributed by atoms with Crippen LogP contribution in [0.4, 0.5) is 0 Å². The number of hydrogen-bond donors (Lipinski definition) is 3. The maximum absolute atomic E-state index is 12.2. The molecule has 0 fully saturated rings. The Morgan fingerprint density at radius 1 is 1.37 bits per heavy atom. The third-order valence-corrected chi connectivity index (χ3v) is 3.37. The minimum absolute atomic E-state index is 0.185. The number of nitrogens with one attached hydrogen (secondary N) is 3. The van der Waals surface area contributed by atoms with Gasteiger partial charge in [-0.15, -0.1) is 0 Å². The first-order valence-electron chi connectivity index (χ1n) is 6.47. The first-order valence-corrected chi connectivity index (χ1v) is 6.47. The fourth-order valence-corrected chi connectivity index (χ4v) is 2.30. The zero-order chi connectivity index (χ0) is 13.8. The van der Waals surface area contributed by atoms with Crippen molar-refractivity contribution in [2.45, 2.75) is 25.9 Å². The highest BCUT2D eigenvalue weighted by molar-refractivity contribution is 5.98.